The number of amides is 1. The average Bonchev–Trinajstić information content (AvgIpc) is 2.57. The molecule has 0 aliphatic carbocycles. The van der Waals surface area contributed by atoms with E-state index in [-0.39, 0.29) is 18.4 Å². The molecule has 5 nitrogen and oxygen atoms in total. The molecule has 0 spiro atoms. The number of carbonyl (C=O) groups excluding carboxylic acids is 1. The van der Waals surface area contributed by atoms with E-state index >= 15 is 0 Å². The highest BCUT2D eigenvalue weighted by atomic mass is 16.6. The van der Waals surface area contributed by atoms with Crippen LogP contribution in [0.15, 0.2) is 54.6 Å². The molecule has 0 bridgehead atoms. The third-order valence-corrected chi connectivity index (χ3v) is 3.78. The van der Waals surface area contributed by atoms with E-state index in [2.05, 4.69) is 0 Å². The van der Waals surface area contributed by atoms with Crippen molar-refractivity contribution in [3.8, 4) is 5.75 Å². The highest BCUT2D eigenvalue weighted by Crippen LogP contribution is 2.29. The summed E-state index contributed by atoms with van der Waals surface area (Å²) in [4.78, 5) is 14.2. The monoisotopic (exact) mass is 357 g/mol. The van der Waals surface area contributed by atoms with Crippen molar-refractivity contribution in [1.82, 2.24) is 0 Å². The number of phenols is 1. The van der Waals surface area contributed by atoms with Crippen molar-refractivity contribution in [2.45, 2.75) is 45.9 Å². The van der Waals surface area contributed by atoms with Crippen LogP contribution in [0.5, 0.6) is 5.75 Å². The van der Waals surface area contributed by atoms with Gasteiger partial charge in [0.1, 0.15) is 11.4 Å². The van der Waals surface area contributed by atoms with Crippen molar-refractivity contribution in [1.29, 1.82) is 0 Å². The molecule has 0 atom stereocenters. The molecule has 0 saturated carbocycles. The predicted octanol–water partition coefficient (Wildman–Crippen LogP) is 4.74. The number of anilines is 1. The van der Waals surface area contributed by atoms with Crippen LogP contribution in [0.4, 0.5) is 10.5 Å². The van der Waals surface area contributed by atoms with Gasteiger partial charge in [0.2, 0.25) is 0 Å². The van der Waals surface area contributed by atoms with Gasteiger partial charge in [0, 0.05) is 6.04 Å². The molecule has 0 saturated heterocycles. The molecule has 0 aliphatic rings. The lowest BCUT2D eigenvalue weighted by Crippen LogP contribution is -2.43. The third-order valence-electron chi connectivity index (χ3n) is 3.78. The van der Waals surface area contributed by atoms with Crippen LogP contribution >= 0.6 is 0 Å². The zero-order valence-electron chi connectivity index (χ0n) is 15.8. The van der Waals surface area contributed by atoms with Gasteiger partial charge in [-0.05, 0) is 45.4 Å². The van der Waals surface area contributed by atoms with Crippen LogP contribution in [0.25, 0.3) is 0 Å². The minimum atomic E-state index is -0.802. The van der Waals surface area contributed by atoms with Gasteiger partial charge < -0.3 is 14.6 Å². The first-order valence-electron chi connectivity index (χ1n) is 8.72. The second kappa shape index (κ2) is 8.72. The van der Waals surface area contributed by atoms with E-state index in [4.69, 9.17) is 9.47 Å². The Morgan fingerprint density at radius 2 is 1.69 bits per heavy atom. The molecule has 2 aromatic carbocycles. The van der Waals surface area contributed by atoms with E-state index in [9.17, 15) is 9.90 Å². The standard InChI is InChI=1S/C21H27NO4/c1-16(2)22(18-12-8-9-13-19(18)23)20(24)26-21(3,4)15-25-14-17-10-6-5-7-11-17/h5-13,16,23H,14-15H2,1-4H3. The lowest BCUT2D eigenvalue weighted by atomic mass is 10.1. The lowest BCUT2D eigenvalue weighted by Gasteiger charge is -2.32. The molecule has 0 aliphatic heterocycles. The van der Waals surface area contributed by atoms with Crippen LogP contribution in [0, 0.1) is 0 Å². The number of aromatic hydroxyl groups is 1. The van der Waals surface area contributed by atoms with Gasteiger partial charge in [0.15, 0.2) is 0 Å². The zero-order valence-corrected chi connectivity index (χ0v) is 15.8. The van der Waals surface area contributed by atoms with Gasteiger partial charge in [-0.3, -0.25) is 4.90 Å². The second-order valence-corrected chi connectivity index (χ2v) is 7.06. The van der Waals surface area contributed by atoms with Gasteiger partial charge in [-0.1, -0.05) is 42.5 Å². The number of carbonyl (C=O) groups is 1. The summed E-state index contributed by atoms with van der Waals surface area (Å²) in [6.07, 6.45) is -0.519. The minimum Gasteiger partial charge on any atom is -0.506 e. The summed E-state index contributed by atoms with van der Waals surface area (Å²) in [6.45, 7) is 8.06. The van der Waals surface area contributed by atoms with E-state index in [1.807, 2.05) is 44.2 Å². The first-order chi connectivity index (χ1) is 12.3. The molecule has 0 heterocycles. The molecule has 0 fully saturated rings. The number of para-hydroxylation sites is 2. The highest BCUT2D eigenvalue weighted by Gasteiger charge is 2.30. The second-order valence-electron chi connectivity index (χ2n) is 7.06. The lowest BCUT2D eigenvalue weighted by molar-refractivity contribution is -0.0361. The van der Waals surface area contributed by atoms with E-state index in [0.29, 0.717) is 12.3 Å². The number of hydrogen-bond donors (Lipinski definition) is 1. The molecule has 0 aromatic heterocycles. The first kappa shape index (κ1) is 19.8. The molecule has 1 amide bonds. The smallest absolute Gasteiger partial charge is 0.415 e. The van der Waals surface area contributed by atoms with Crippen LogP contribution in [0.2, 0.25) is 0 Å². The van der Waals surface area contributed by atoms with E-state index in [0.717, 1.165) is 5.56 Å². The molecule has 2 rings (SSSR count). The summed E-state index contributed by atoms with van der Waals surface area (Å²) in [5.74, 6) is 0.0382. The number of phenolic OH excluding ortho intramolecular Hbond substituents is 1. The summed E-state index contributed by atoms with van der Waals surface area (Å²) in [5, 5.41) is 10.1. The van der Waals surface area contributed by atoms with Crippen LogP contribution < -0.4 is 4.90 Å². The topological polar surface area (TPSA) is 59.0 Å². The normalized spacial score (nSPS) is 11.4. The number of ether oxygens (including phenoxy) is 2. The van der Waals surface area contributed by atoms with Gasteiger partial charge in [-0.15, -0.1) is 0 Å². The molecule has 1 N–H and O–H groups in total. The number of rotatable bonds is 7. The van der Waals surface area contributed by atoms with E-state index in [1.54, 1.807) is 38.1 Å². The maximum Gasteiger partial charge on any atom is 0.415 e. The Kier molecular flexibility index (Phi) is 6.64. The largest absolute Gasteiger partial charge is 0.506 e. The number of hydrogen-bond acceptors (Lipinski definition) is 4. The fraction of sp³-hybridized carbons (Fsp3) is 0.381. The number of benzene rings is 2. The van der Waals surface area contributed by atoms with Crippen molar-refractivity contribution in [3.63, 3.8) is 0 Å². The molecular weight excluding hydrogens is 330 g/mol. The Hall–Kier alpha value is -2.53. The molecule has 0 unspecified atom stereocenters. The van der Waals surface area contributed by atoms with Crippen molar-refractivity contribution >= 4 is 11.8 Å². The fourth-order valence-corrected chi connectivity index (χ4v) is 2.56. The first-order valence-corrected chi connectivity index (χ1v) is 8.72. The van der Waals surface area contributed by atoms with Gasteiger partial charge in [-0.2, -0.15) is 0 Å². The Morgan fingerprint density at radius 1 is 1.08 bits per heavy atom. The maximum atomic E-state index is 12.7. The summed E-state index contributed by atoms with van der Waals surface area (Å²) in [7, 11) is 0. The van der Waals surface area contributed by atoms with E-state index in [1.165, 1.54) is 4.90 Å². The zero-order chi connectivity index (χ0) is 19.2. The van der Waals surface area contributed by atoms with Crippen LogP contribution in [-0.2, 0) is 16.1 Å². The summed E-state index contributed by atoms with van der Waals surface area (Å²) >= 11 is 0. The SMILES string of the molecule is CC(C)N(C(=O)OC(C)(C)COCc1ccccc1)c1ccccc1O. The van der Waals surface area contributed by atoms with Crippen molar-refractivity contribution in [2.75, 3.05) is 11.5 Å². The Bertz CT molecular complexity index is 713. The van der Waals surface area contributed by atoms with Gasteiger partial charge in [0.05, 0.1) is 18.9 Å². The van der Waals surface area contributed by atoms with Gasteiger partial charge in [0.25, 0.3) is 0 Å². The maximum absolute atomic E-state index is 12.7. The molecule has 26 heavy (non-hydrogen) atoms. The van der Waals surface area contributed by atoms with E-state index < -0.39 is 11.7 Å². The number of nitrogens with zero attached hydrogens (tertiary/aromatic N) is 1. The fourth-order valence-electron chi connectivity index (χ4n) is 2.56. The summed E-state index contributed by atoms with van der Waals surface area (Å²) < 4.78 is 11.4. The molecule has 0 radical (unpaired) electrons. The highest BCUT2D eigenvalue weighted by molar-refractivity contribution is 5.90. The van der Waals surface area contributed by atoms with Gasteiger partial charge >= 0.3 is 6.09 Å². The quantitative estimate of drug-likeness (QED) is 0.777. The summed E-state index contributed by atoms with van der Waals surface area (Å²) in [6, 6.07) is 16.4. The Balaban J connectivity index is 1.99. The van der Waals surface area contributed by atoms with Crippen LogP contribution in [0.3, 0.4) is 0 Å². The Labute approximate surface area is 155 Å². The van der Waals surface area contributed by atoms with Crippen molar-refractivity contribution < 1.29 is 19.4 Å². The predicted molar refractivity (Wildman–Crippen MR) is 102 cm³/mol. The summed E-state index contributed by atoms with van der Waals surface area (Å²) in [5.41, 5.74) is 0.685. The van der Waals surface area contributed by atoms with Crippen molar-refractivity contribution in [2.24, 2.45) is 0 Å². The van der Waals surface area contributed by atoms with Crippen LogP contribution in [-0.4, -0.2) is 29.4 Å². The Morgan fingerprint density at radius 3 is 2.31 bits per heavy atom. The third kappa shape index (κ3) is 5.49. The average molecular weight is 357 g/mol. The minimum absolute atomic E-state index is 0.0382. The van der Waals surface area contributed by atoms with Crippen molar-refractivity contribution in [3.05, 3.63) is 60.2 Å². The molecule has 5 heteroatoms. The molecular formula is C21H27NO4. The molecule has 2 aromatic rings. The molecule has 140 valence electrons. The van der Waals surface area contributed by atoms with Crippen LogP contribution in [0.1, 0.15) is 33.3 Å². The van der Waals surface area contributed by atoms with Gasteiger partial charge in [-0.25, -0.2) is 4.79 Å².